The van der Waals surface area contributed by atoms with Gasteiger partial charge < -0.3 is 15.3 Å². The quantitative estimate of drug-likeness (QED) is 0.826. The highest BCUT2D eigenvalue weighted by atomic mass is 79.9. The van der Waals surface area contributed by atoms with Crippen molar-refractivity contribution in [1.82, 2.24) is 10.3 Å². The first kappa shape index (κ1) is 15.4. The molecule has 2 N–H and O–H groups in total. The lowest BCUT2D eigenvalue weighted by Gasteiger charge is -2.23. The first-order valence-corrected chi connectivity index (χ1v) is 6.63. The second kappa shape index (κ2) is 7.08. The maximum atomic E-state index is 11.5. The molecule has 0 bridgehead atoms. The van der Waals surface area contributed by atoms with E-state index in [2.05, 4.69) is 26.2 Å². The van der Waals surface area contributed by atoms with E-state index in [0.717, 1.165) is 6.42 Å². The van der Waals surface area contributed by atoms with E-state index in [1.807, 2.05) is 6.92 Å². The third-order valence-corrected chi connectivity index (χ3v) is 2.90. The third kappa shape index (κ3) is 4.20. The summed E-state index contributed by atoms with van der Waals surface area (Å²) in [4.78, 5) is 28.5. The Bertz CT molecular complexity index is 479. The highest BCUT2D eigenvalue weighted by Gasteiger charge is 2.19. The number of hydrogen-bond acceptors (Lipinski definition) is 4. The summed E-state index contributed by atoms with van der Waals surface area (Å²) in [6.07, 6.45) is 2.31. The van der Waals surface area contributed by atoms with Gasteiger partial charge >= 0.3 is 5.97 Å². The van der Waals surface area contributed by atoms with Gasteiger partial charge in [0.2, 0.25) is 5.91 Å². The number of halogens is 1. The van der Waals surface area contributed by atoms with Gasteiger partial charge in [0, 0.05) is 24.3 Å². The van der Waals surface area contributed by atoms with Gasteiger partial charge in [-0.25, -0.2) is 9.78 Å². The number of amides is 1. The van der Waals surface area contributed by atoms with Crippen molar-refractivity contribution >= 4 is 33.6 Å². The van der Waals surface area contributed by atoms with E-state index in [4.69, 9.17) is 0 Å². The van der Waals surface area contributed by atoms with Crippen LogP contribution >= 0.6 is 15.9 Å². The van der Waals surface area contributed by atoms with Crippen molar-refractivity contribution in [2.45, 2.75) is 13.3 Å². The van der Waals surface area contributed by atoms with Crippen LogP contribution in [0, 0.1) is 0 Å². The largest absolute Gasteiger partial charge is 0.478 e. The number of aromatic carboxylic acids is 1. The molecule has 0 unspecified atom stereocenters. The van der Waals surface area contributed by atoms with E-state index in [1.165, 1.54) is 12.3 Å². The second-order valence-electron chi connectivity index (χ2n) is 3.92. The molecule has 1 rings (SSSR count). The number of nitrogens with zero attached hydrogens (tertiary/aromatic N) is 2. The second-order valence-corrected chi connectivity index (χ2v) is 4.84. The average Bonchev–Trinajstić information content (AvgIpc) is 2.38. The summed E-state index contributed by atoms with van der Waals surface area (Å²) in [5.41, 5.74) is 0.0757. The molecule has 19 heavy (non-hydrogen) atoms. The minimum absolute atomic E-state index is 0.0757. The highest BCUT2D eigenvalue weighted by molar-refractivity contribution is 9.10. The first-order valence-electron chi connectivity index (χ1n) is 5.84. The van der Waals surface area contributed by atoms with Crippen molar-refractivity contribution in [2.24, 2.45) is 0 Å². The minimum Gasteiger partial charge on any atom is -0.478 e. The van der Waals surface area contributed by atoms with E-state index >= 15 is 0 Å². The molecule has 1 aromatic rings. The minimum atomic E-state index is -1.07. The monoisotopic (exact) mass is 329 g/mol. The first-order chi connectivity index (χ1) is 8.99. The fraction of sp³-hybridized carbons (Fsp3) is 0.417. The molecule has 104 valence electrons. The number of aromatic nitrogens is 1. The third-order valence-electron chi connectivity index (χ3n) is 2.47. The van der Waals surface area contributed by atoms with Gasteiger partial charge in [0.15, 0.2) is 0 Å². The van der Waals surface area contributed by atoms with E-state index in [9.17, 15) is 14.7 Å². The standard InChI is InChI=1S/C12H16BrN3O3/c1-3-4-16(7-10(17)14-2)11-9(12(18)19)5-8(13)6-15-11/h5-6H,3-4,7H2,1-2H3,(H,14,17)(H,18,19). The predicted octanol–water partition coefficient (Wildman–Crippen LogP) is 1.50. The number of carboxylic acids is 1. The maximum absolute atomic E-state index is 11.5. The van der Waals surface area contributed by atoms with E-state index in [-0.39, 0.29) is 18.0 Å². The van der Waals surface area contributed by atoms with Gasteiger partial charge in [0.25, 0.3) is 0 Å². The zero-order chi connectivity index (χ0) is 14.4. The molecule has 0 aliphatic carbocycles. The summed E-state index contributed by atoms with van der Waals surface area (Å²) >= 11 is 3.19. The number of carboxylic acid groups (broad SMARTS) is 1. The molecular weight excluding hydrogens is 314 g/mol. The molecule has 0 saturated heterocycles. The number of carbonyl (C=O) groups excluding carboxylic acids is 1. The fourth-order valence-electron chi connectivity index (χ4n) is 1.62. The summed E-state index contributed by atoms with van der Waals surface area (Å²) in [6, 6.07) is 1.48. The van der Waals surface area contributed by atoms with Crippen LogP contribution in [0.2, 0.25) is 0 Å². The van der Waals surface area contributed by atoms with Crippen LogP contribution in [-0.2, 0) is 4.79 Å². The lowest BCUT2D eigenvalue weighted by molar-refractivity contribution is -0.119. The van der Waals surface area contributed by atoms with Crippen LogP contribution in [0.5, 0.6) is 0 Å². The van der Waals surface area contributed by atoms with E-state index in [0.29, 0.717) is 16.8 Å². The van der Waals surface area contributed by atoms with Gasteiger partial charge in [0.1, 0.15) is 11.4 Å². The van der Waals surface area contributed by atoms with Crippen molar-refractivity contribution in [3.05, 3.63) is 22.3 Å². The Labute approximate surface area is 120 Å². The number of anilines is 1. The van der Waals surface area contributed by atoms with Gasteiger partial charge in [0.05, 0.1) is 6.54 Å². The van der Waals surface area contributed by atoms with Crippen LogP contribution in [-0.4, -0.2) is 42.1 Å². The Hall–Kier alpha value is -1.63. The molecule has 0 spiro atoms. The van der Waals surface area contributed by atoms with Crippen molar-refractivity contribution in [3.63, 3.8) is 0 Å². The maximum Gasteiger partial charge on any atom is 0.339 e. The SMILES string of the molecule is CCCN(CC(=O)NC)c1ncc(Br)cc1C(=O)O. The van der Waals surface area contributed by atoms with Gasteiger partial charge in [-0.1, -0.05) is 6.92 Å². The van der Waals surface area contributed by atoms with Gasteiger partial charge in [-0.15, -0.1) is 0 Å². The number of nitrogens with one attached hydrogen (secondary N) is 1. The average molecular weight is 330 g/mol. The molecule has 0 aliphatic heterocycles. The smallest absolute Gasteiger partial charge is 0.339 e. The Balaban J connectivity index is 3.14. The molecule has 1 heterocycles. The van der Waals surface area contributed by atoms with Gasteiger partial charge in [-0.2, -0.15) is 0 Å². The topological polar surface area (TPSA) is 82.5 Å². The summed E-state index contributed by atoms with van der Waals surface area (Å²) in [5, 5.41) is 11.7. The molecule has 0 radical (unpaired) electrons. The molecular formula is C12H16BrN3O3. The zero-order valence-corrected chi connectivity index (χ0v) is 12.4. The molecule has 6 nitrogen and oxygen atoms in total. The van der Waals surface area contributed by atoms with Crippen LogP contribution in [0.15, 0.2) is 16.7 Å². The zero-order valence-electron chi connectivity index (χ0n) is 10.8. The number of likely N-dealkylation sites (N-methyl/N-ethyl adjacent to an activating group) is 1. The number of hydrogen-bond donors (Lipinski definition) is 2. The number of pyridine rings is 1. The number of rotatable bonds is 6. The van der Waals surface area contributed by atoms with Crippen molar-refractivity contribution in [2.75, 3.05) is 25.0 Å². The van der Waals surface area contributed by atoms with Crippen molar-refractivity contribution in [3.8, 4) is 0 Å². The van der Waals surface area contributed by atoms with Crippen molar-refractivity contribution in [1.29, 1.82) is 0 Å². The Morgan fingerprint density at radius 3 is 2.74 bits per heavy atom. The predicted molar refractivity (Wildman–Crippen MR) is 75.5 cm³/mol. The fourth-order valence-corrected chi connectivity index (χ4v) is 1.95. The molecule has 0 saturated carbocycles. The van der Waals surface area contributed by atoms with Crippen LogP contribution in [0.3, 0.4) is 0 Å². The lowest BCUT2D eigenvalue weighted by Crippen LogP contribution is -2.37. The molecule has 1 amide bonds. The van der Waals surface area contributed by atoms with Crippen LogP contribution in [0.4, 0.5) is 5.82 Å². The molecule has 0 fully saturated rings. The van der Waals surface area contributed by atoms with Gasteiger partial charge in [-0.05, 0) is 28.4 Å². The Morgan fingerprint density at radius 1 is 1.53 bits per heavy atom. The summed E-state index contributed by atoms with van der Waals surface area (Å²) in [6.45, 7) is 2.59. The highest BCUT2D eigenvalue weighted by Crippen LogP contribution is 2.21. The van der Waals surface area contributed by atoms with E-state index < -0.39 is 5.97 Å². The summed E-state index contributed by atoms with van der Waals surface area (Å²) in [7, 11) is 1.54. The van der Waals surface area contributed by atoms with Crippen LogP contribution in [0.1, 0.15) is 23.7 Å². The molecule has 7 heteroatoms. The molecule has 1 aromatic heterocycles. The number of carbonyl (C=O) groups is 2. The molecule has 0 aliphatic rings. The lowest BCUT2D eigenvalue weighted by atomic mass is 10.2. The molecule has 0 aromatic carbocycles. The summed E-state index contributed by atoms with van der Waals surface area (Å²) < 4.78 is 0.588. The van der Waals surface area contributed by atoms with Gasteiger partial charge in [-0.3, -0.25) is 4.79 Å². The Morgan fingerprint density at radius 2 is 2.21 bits per heavy atom. The van der Waals surface area contributed by atoms with E-state index in [1.54, 1.807) is 11.9 Å². The van der Waals surface area contributed by atoms with Crippen molar-refractivity contribution < 1.29 is 14.7 Å². The van der Waals surface area contributed by atoms with Crippen LogP contribution in [0.25, 0.3) is 0 Å². The normalized spacial score (nSPS) is 10.1. The molecule has 0 atom stereocenters. The summed E-state index contributed by atoms with van der Waals surface area (Å²) in [5.74, 6) is -0.947. The Kier molecular flexibility index (Phi) is 5.75. The van der Waals surface area contributed by atoms with Crippen LogP contribution < -0.4 is 10.2 Å².